The van der Waals surface area contributed by atoms with Crippen molar-refractivity contribution in [3.8, 4) is 0 Å². The Bertz CT molecular complexity index is 702. The Hall–Kier alpha value is -1.03. The predicted octanol–water partition coefficient (Wildman–Crippen LogP) is 4.96. The molecule has 0 unspecified atom stereocenters. The summed E-state index contributed by atoms with van der Waals surface area (Å²) < 4.78 is 0.963. The fraction of sp³-hybridized carbons (Fsp3) is 0.133. The van der Waals surface area contributed by atoms with Crippen LogP contribution in [0, 0.1) is 0 Å². The average Bonchev–Trinajstić information content (AvgIpc) is 2.84. The second kappa shape index (κ2) is 5.40. The van der Waals surface area contributed by atoms with E-state index in [1.54, 1.807) is 23.1 Å². The molecule has 102 valence electrons. The van der Waals surface area contributed by atoms with Crippen molar-refractivity contribution in [3.05, 3.63) is 62.0 Å². The highest BCUT2D eigenvalue weighted by Gasteiger charge is 2.25. The van der Waals surface area contributed by atoms with E-state index in [4.69, 9.17) is 23.2 Å². The number of fused-ring (bicyclic) bond motifs is 1. The maximum Gasteiger partial charge on any atom is 0.258 e. The van der Waals surface area contributed by atoms with Crippen LogP contribution in [0.1, 0.15) is 15.9 Å². The first kappa shape index (κ1) is 13.9. The van der Waals surface area contributed by atoms with Crippen molar-refractivity contribution in [2.24, 2.45) is 0 Å². The molecule has 0 spiro atoms. The van der Waals surface area contributed by atoms with Gasteiger partial charge in [0, 0.05) is 22.3 Å². The average molecular weight is 371 g/mol. The van der Waals surface area contributed by atoms with Crippen LogP contribution in [0.15, 0.2) is 40.9 Å². The van der Waals surface area contributed by atoms with E-state index in [1.807, 2.05) is 18.2 Å². The molecule has 2 aromatic carbocycles. The van der Waals surface area contributed by atoms with E-state index in [0.29, 0.717) is 22.2 Å². The Morgan fingerprint density at radius 1 is 1.10 bits per heavy atom. The summed E-state index contributed by atoms with van der Waals surface area (Å²) in [5.41, 5.74) is 2.68. The molecule has 0 bridgehead atoms. The van der Waals surface area contributed by atoms with Crippen LogP contribution in [-0.4, -0.2) is 12.5 Å². The minimum Gasteiger partial charge on any atom is -0.308 e. The van der Waals surface area contributed by atoms with Crippen LogP contribution in [0.3, 0.4) is 0 Å². The smallest absolute Gasteiger partial charge is 0.258 e. The SMILES string of the molecule is O=C(c1ccc(Cl)c(Cl)c1)N1CCc2ccc(Br)cc21. The van der Waals surface area contributed by atoms with Crippen molar-refractivity contribution in [1.82, 2.24) is 0 Å². The minimum atomic E-state index is -0.0552. The van der Waals surface area contributed by atoms with Crippen LogP contribution in [0.25, 0.3) is 0 Å². The number of amides is 1. The van der Waals surface area contributed by atoms with Gasteiger partial charge in [-0.2, -0.15) is 0 Å². The summed E-state index contributed by atoms with van der Waals surface area (Å²) in [6.45, 7) is 0.685. The molecule has 0 aromatic heterocycles. The van der Waals surface area contributed by atoms with Gasteiger partial charge in [-0.15, -0.1) is 0 Å². The van der Waals surface area contributed by atoms with E-state index in [2.05, 4.69) is 15.9 Å². The van der Waals surface area contributed by atoms with Gasteiger partial charge in [0.1, 0.15) is 0 Å². The second-order valence-corrected chi connectivity index (χ2v) is 6.34. The summed E-state index contributed by atoms with van der Waals surface area (Å²) in [5, 5.41) is 0.846. The molecule has 0 atom stereocenters. The number of hydrogen-bond acceptors (Lipinski definition) is 1. The van der Waals surface area contributed by atoms with E-state index in [1.165, 1.54) is 5.56 Å². The van der Waals surface area contributed by atoms with Crippen molar-refractivity contribution in [1.29, 1.82) is 0 Å². The lowest BCUT2D eigenvalue weighted by Gasteiger charge is -2.18. The predicted molar refractivity (Wildman–Crippen MR) is 86.0 cm³/mol. The highest BCUT2D eigenvalue weighted by atomic mass is 79.9. The molecule has 20 heavy (non-hydrogen) atoms. The Morgan fingerprint density at radius 3 is 2.65 bits per heavy atom. The van der Waals surface area contributed by atoms with Gasteiger partial charge in [0.15, 0.2) is 0 Å². The molecule has 0 N–H and O–H groups in total. The third-order valence-corrected chi connectivity index (χ3v) is 4.59. The zero-order valence-corrected chi connectivity index (χ0v) is 13.5. The van der Waals surface area contributed by atoms with Gasteiger partial charge in [-0.3, -0.25) is 4.79 Å². The Kier molecular flexibility index (Phi) is 3.76. The van der Waals surface area contributed by atoms with Gasteiger partial charge in [-0.05, 0) is 42.3 Å². The van der Waals surface area contributed by atoms with Crippen molar-refractivity contribution in [2.75, 3.05) is 11.4 Å². The van der Waals surface area contributed by atoms with E-state index in [9.17, 15) is 4.79 Å². The van der Waals surface area contributed by atoms with Crippen molar-refractivity contribution < 1.29 is 4.79 Å². The van der Waals surface area contributed by atoms with Gasteiger partial charge >= 0.3 is 0 Å². The molecule has 2 nitrogen and oxygen atoms in total. The maximum absolute atomic E-state index is 12.6. The first-order valence-corrected chi connectivity index (χ1v) is 7.66. The van der Waals surface area contributed by atoms with E-state index < -0.39 is 0 Å². The van der Waals surface area contributed by atoms with Gasteiger partial charge in [0.2, 0.25) is 0 Å². The number of hydrogen-bond donors (Lipinski definition) is 0. The summed E-state index contributed by atoms with van der Waals surface area (Å²) in [6.07, 6.45) is 0.871. The molecule has 1 aliphatic rings. The number of carbonyl (C=O) groups is 1. The van der Waals surface area contributed by atoms with Gasteiger partial charge in [-0.1, -0.05) is 45.2 Å². The summed E-state index contributed by atoms with van der Waals surface area (Å²) in [7, 11) is 0. The van der Waals surface area contributed by atoms with E-state index >= 15 is 0 Å². The van der Waals surface area contributed by atoms with E-state index in [-0.39, 0.29) is 5.91 Å². The lowest BCUT2D eigenvalue weighted by molar-refractivity contribution is 0.0989. The number of rotatable bonds is 1. The van der Waals surface area contributed by atoms with Crippen LogP contribution in [0.5, 0.6) is 0 Å². The maximum atomic E-state index is 12.6. The molecule has 0 aliphatic carbocycles. The lowest BCUT2D eigenvalue weighted by Crippen LogP contribution is -2.28. The zero-order chi connectivity index (χ0) is 14.3. The number of nitrogens with zero attached hydrogens (tertiary/aromatic N) is 1. The van der Waals surface area contributed by atoms with Crippen LogP contribution in [0.2, 0.25) is 10.0 Å². The Morgan fingerprint density at radius 2 is 1.90 bits per heavy atom. The number of carbonyl (C=O) groups excluding carboxylic acids is 1. The third kappa shape index (κ3) is 2.46. The summed E-state index contributed by atoms with van der Waals surface area (Å²) in [6, 6.07) is 11.0. The molecular formula is C15H10BrCl2NO. The van der Waals surface area contributed by atoms with Crippen LogP contribution >= 0.6 is 39.1 Å². The highest BCUT2D eigenvalue weighted by molar-refractivity contribution is 9.10. The van der Waals surface area contributed by atoms with Gasteiger partial charge in [0.25, 0.3) is 5.91 Å². The molecule has 5 heteroatoms. The quantitative estimate of drug-likeness (QED) is 0.694. The van der Waals surface area contributed by atoms with Gasteiger partial charge < -0.3 is 4.90 Å². The Labute approximate surface area is 135 Å². The van der Waals surface area contributed by atoms with Gasteiger partial charge in [0.05, 0.1) is 10.0 Å². The van der Waals surface area contributed by atoms with E-state index in [0.717, 1.165) is 16.6 Å². The molecule has 0 radical (unpaired) electrons. The monoisotopic (exact) mass is 369 g/mol. The molecule has 1 amide bonds. The normalized spacial score (nSPS) is 13.4. The fourth-order valence-corrected chi connectivity index (χ4v) is 3.00. The summed E-state index contributed by atoms with van der Waals surface area (Å²) in [4.78, 5) is 14.4. The van der Waals surface area contributed by atoms with Crippen LogP contribution in [0.4, 0.5) is 5.69 Å². The van der Waals surface area contributed by atoms with Crippen LogP contribution < -0.4 is 4.90 Å². The summed E-state index contributed by atoms with van der Waals surface area (Å²) >= 11 is 15.3. The first-order chi connectivity index (χ1) is 9.56. The third-order valence-electron chi connectivity index (χ3n) is 3.35. The number of anilines is 1. The standard InChI is InChI=1S/C15H10BrCl2NO/c16-11-3-1-9-5-6-19(14(9)8-11)15(20)10-2-4-12(17)13(18)7-10/h1-4,7-8H,5-6H2. The molecule has 2 aromatic rings. The fourth-order valence-electron chi connectivity index (χ4n) is 2.35. The largest absolute Gasteiger partial charge is 0.308 e. The molecular weight excluding hydrogens is 361 g/mol. The zero-order valence-electron chi connectivity index (χ0n) is 10.4. The second-order valence-electron chi connectivity index (χ2n) is 4.61. The molecule has 1 aliphatic heterocycles. The molecule has 3 rings (SSSR count). The highest BCUT2D eigenvalue weighted by Crippen LogP contribution is 2.32. The molecule has 0 saturated carbocycles. The van der Waals surface area contributed by atoms with Crippen molar-refractivity contribution in [2.45, 2.75) is 6.42 Å². The summed E-state index contributed by atoms with van der Waals surface area (Å²) in [5.74, 6) is -0.0552. The Balaban J connectivity index is 1.97. The lowest BCUT2D eigenvalue weighted by atomic mass is 10.1. The van der Waals surface area contributed by atoms with Crippen LogP contribution in [-0.2, 0) is 6.42 Å². The molecule has 0 fully saturated rings. The number of halogens is 3. The topological polar surface area (TPSA) is 20.3 Å². The molecule has 1 heterocycles. The first-order valence-electron chi connectivity index (χ1n) is 6.11. The van der Waals surface area contributed by atoms with Gasteiger partial charge in [-0.25, -0.2) is 0 Å². The molecule has 0 saturated heterocycles. The minimum absolute atomic E-state index is 0.0552. The van der Waals surface area contributed by atoms with Crippen molar-refractivity contribution in [3.63, 3.8) is 0 Å². The number of benzene rings is 2. The van der Waals surface area contributed by atoms with Crippen molar-refractivity contribution >= 4 is 50.7 Å².